The van der Waals surface area contributed by atoms with Gasteiger partial charge in [0, 0.05) is 24.2 Å². The van der Waals surface area contributed by atoms with Gasteiger partial charge >= 0.3 is 5.97 Å². The van der Waals surface area contributed by atoms with E-state index in [4.69, 9.17) is 21.1 Å². The fraction of sp³-hybridized carbons (Fsp3) is 0.211. The van der Waals surface area contributed by atoms with Crippen molar-refractivity contribution < 1.29 is 14.3 Å². The van der Waals surface area contributed by atoms with E-state index in [1.165, 1.54) is 0 Å². The second kappa shape index (κ2) is 7.07. The molecule has 6 heteroatoms. The highest BCUT2D eigenvalue weighted by molar-refractivity contribution is 6.36. The summed E-state index contributed by atoms with van der Waals surface area (Å²) in [5.74, 6) is 0.388. The molecule has 0 aliphatic rings. The van der Waals surface area contributed by atoms with Crippen LogP contribution in [0.2, 0.25) is 5.02 Å². The van der Waals surface area contributed by atoms with E-state index in [-0.39, 0.29) is 5.97 Å². The Bertz CT molecular complexity index is 934. The average Bonchev–Trinajstić information content (AvgIpc) is 2.97. The minimum Gasteiger partial charge on any atom is -0.497 e. The fourth-order valence-corrected chi connectivity index (χ4v) is 3.00. The van der Waals surface area contributed by atoms with Crippen LogP contribution in [0, 0.1) is 0 Å². The number of benzene rings is 2. The molecule has 0 saturated heterocycles. The highest BCUT2D eigenvalue weighted by atomic mass is 35.5. The van der Waals surface area contributed by atoms with Crippen molar-refractivity contribution >= 4 is 39.8 Å². The lowest BCUT2D eigenvalue weighted by Gasteiger charge is -2.12. The van der Waals surface area contributed by atoms with Gasteiger partial charge in [0.25, 0.3) is 0 Å². The highest BCUT2D eigenvalue weighted by Gasteiger charge is 2.18. The number of methoxy groups -OCH3 is 1. The molecule has 2 aromatic carbocycles. The first-order chi connectivity index (χ1) is 12.0. The molecule has 0 amide bonds. The Labute approximate surface area is 151 Å². The van der Waals surface area contributed by atoms with Crippen molar-refractivity contribution in [3.63, 3.8) is 0 Å². The maximum absolute atomic E-state index is 12.2. The zero-order chi connectivity index (χ0) is 18.0. The van der Waals surface area contributed by atoms with Crippen molar-refractivity contribution in [2.45, 2.75) is 6.92 Å². The molecule has 0 bridgehead atoms. The molecule has 1 N–H and O–H groups in total. The number of carbonyl (C=O) groups excluding carboxylic acids is 1. The number of aromatic nitrogens is 1. The number of anilines is 2. The van der Waals surface area contributed by atoms with Crippen molar-refractivity contribution in [2.24, 2.45) is 7.05 Å². The van der Waals surface area contributed by atoms with Crippen molar-refractivity contribution in [3.8, 4) is 5.75 Å². The monoisotopic (exact) mass is 358 g/mol. The molecule has 130 valence electrons. The number of aryl methyl sites for hydroxylation is 1. The molecule has 3 rings (SSSR count). The van der Waals surface area contributed by atoms with E-state index < -0.39 is 0 Å². The van der Waals surface area contributed by atoms with Crippen LogP contribution in [-0.2, 0) is 11.8 Å². The fourth-order valence-electron chi connectivity index (χ4n) is 2.79. The molecule has 0 aliphatic carbocycles. The van der Waals surface area contributed by atoms with E-state index in [0.29, 0.717) is 17.3 Å². The summed E-state index contributed by atoms with van der Waals surface area (Å²) < 4.78 is 12.2. The van der Waals surface area contributed by atoms with Crippen LogP contribution >= 0.6 is 11.6 Å². The molecule has 5 nitrogen and oxygen atoms in total. The van der Waals surface area contributed by atoms with E-state index in [1.807, 2.05) is 37.4 Å². The number of carbonyl (C=O) groups is 1. The van der Waals surface area contributed by atoms with Crippen LogP contribution in [0.3, 0.4) is 0 Å². The number of esters is 1. The Balaban J connectivity index is 2.09. The first-order valence-electron chi connectivity index (χ1n) is 7.91. The van der Waals surface area contributed by atoms with Crippen LogP contribution in [0.15, 0.2) is 42.5 Å². The van der Waals surface area contributed by atoms with Crippen LogP contribution in [0.5, 0.6) is 5.75 Å². The number of hydrogen-bond donors (Lipinski definition) is 1. The SMILES string of the molecule is CCOC(=O)c1cc2c(Cl)ccc(Nc3cccc(OC)c3)c2n1C. The third-order valence-corrected chi connectivity index (χ3v) is 4.30. The van der Waals surface area contributed by atoms with E-state index >= 15 is 0 Å². The lowest BCUT2D eigenvalue weighted by molar-refractivity contribution is 0.0516. The highest BCUT2D eigenvalue weighted by Crippen LogP contribution is 2.34. The Morgan fingerprint density at radius 1 is 1.24 bits per heavy atom. The molecule has 0 aliphatic heterocycles. The normalized spacial score (nSPS) is 10.7. The lowest BCUT2D eigenvalue weighted by Crippen LogP contribution is -2.09. The molecule has 1 heterocycles. The van der Waals surface area contributed by atoms with Gasteiger partial charge in [0.2, 0.25) is 0 Å². The summed E-state index contributed by atoms with van der Waals surface area (Å²) in [5, 5.41) is 4.73. The van der Waals surface area contributed by atoms with Gasteiger partial charge in [0.1, 0.15) is 11.4 Å². The number of nitrogens with one attached hydrogen (secondary N) is 1. The van der Waals surface area contributed by atoms with Crippen molar-refractivity contribution in [1.29, 1.82) is 0 Å². The quantitative estimate of drug-likeness (QED) is 0.668. The number of fused-ring (bicyclic) bond motifs is 1. The third kappa shape index (κ3) is 3.28. The van der Waals surface area contributed by atoms with Crippen molar-refractivity contribution in [1.82, 2.24) is 4.57 Å². The number of rotatable bonds is 5. The molecule has 3 aromatic rings. The molecular formula is C19H19ClN2O3. The summed E-state index contributed by atoms with van der Waals surface area (Å²) in [6.07, 6.45) is 0. The van der Waals surface area contributed by atoms with Gasteiger partial charge in [-0.2, -0.15) is 0 Å². The molecule has 25 heavy (non-hydrogen) atoms. The molecule has 0 radical (unpaired) electrons. The maximum Gasteiger partial charge on any atom is 0.354 e. The smallest absolute Gasteiger partial charge is 0.354 e. The van der Waals surface area contributed by atoms with Crippen molar-refractivity contribution in [3.05, 3.63) is 53.2 Å². The molecule has 0 saturated carbocycles. The summed E-state index contributed by atoms with van der Waals surface area (Å²) >= 11 is 6.33. The lowest BCUT2D eigenvalue weighted by atomic mass is 10.2. The van der Waals surface area contributed by atoms with E-state index in [2.05, 4.69) is 5.32 Å². The predicted octanol–water partition coefficient (Wildman–Crippen LogP) is 4.76. The summed E-state index contributed by atoms with van der Waals surface area (Å²) in [4.78, 5) is 12.2. The third-order valence-electron chi connectivity index (χ3n) is 3.98. The first-order valence-corrected chi connectivity index (χ1v) is 8.29. The maximum atomic E-state index is 12.2. The van der Waals surface area contributed by atoms with Gasteiger partial charge in [-0.3, -0.25) is 0 Å². The minimum atomic E-state index is -0.371. The van der Waals surface area contributed by atoms with E-state index in [0.717, 1.165) is 28.0 Å². The van der Waals surface area contributed by atoms with Gasteiger partial charge in [-0.15, -0.1) is 0 Å². The van der Waals surface area contributed by atoms with Crippen LogP contribution < -0.4 is 10.1 Å². The molecule has 0 unspecified atom stereocenters. The van der Waals surface area contributed by atoms with Crippen molar-refractivity contribution in [2.75, 3.05) is 19.0 Å². The number of halogens is 1. The van der Waals surface area contributed by atoms with E-state index in [9.17, 15) is 4.79 Å². The summed E-state index contributed by atoms with van der Waals surface area (Å²) in [5.41, 5.74) is 3.00. The Morgan fingerprint density at radius 3 is 2.76 bits per heavy atom. The van der Waals surface area contributed by atoms with Crippen LogP contribution in [-0.4, -0.2) is 24.3 Å². The Morgan fingerprint density at radius 2 is 2.04 bits per heavy atom. The first kappa shape index (κ1) is 17.2. The zero-order valence-electron chi connectivity index (χ0n) is 14.3. The topological polar surface area (TPSA) is 52.5 Å². The second-order valence-electron chi connectivity index (χ2n) is 5.52. The van der Waals surface area contributed by atoms with Crippen LogP contribution in [0.25, 0.3) is 10.9 Å². The van der Waals surface area contributed by atoms with Gasteiger partial charge in [0.05, 0.1) is 29.9 Å². The van der Waals surface area contributed by atoms with Crippen LogP contribution in [0.1, 0.15) is 17.4 Å². The predicted molar refractivity (Wildman–Crippen MR) is 100 cm³/mol. The molecule has 0 spiro atoms. The average molecular weight is 359 g/mol. The van der Waals surface area contributed by atoms with Gasteiger partial charge in [-0.05, 0) is 37.3 Å². The summed E-state index contributed by atoms with van der Waals surface area (Å²) in [6, 6.07) is 13.1. The number of ether oxygens (including phenoxy) is 2. The Hall–Kier alpha value is -2.66. The molecule has 0 atom stereocenters. The minimum absolute atomic E-state index is 0.322. The molecule has 1 aromatic heterocycles. The van der Waals surface area contributed by atoms with Gasteiger partial charge in [-0.1, -0.05) is 17.7 Å². The van der Waals surface area contributed by atoms with E-state index in [1.54, 1.807) is 30.7 Å². The largest absolute Gasteiger partial charge is 0.497 e. The molecule has 0 fully saturated rings. The van der Waals surface area contributed by atoms with Gasteiger partial charge < -0.3 is 19.4 Å². The Kier molecular flexibility index (Phi) is 4.86. The number of hydrogen-bond acceptors (Lipinski definition) is 4. The molecular weight excluding hydrogens is 340 g/mol. The standard InChI is InChI=1S/C19H19ClN2O3/c1-4-25-19(23)17-11-14-15(20)8-9-16(18(14)22(17)2)21-12-6-5-7-13(10-12)24-3/h5-11,21H,4H2,1-3H3. The van der Waals surface area contributed by atoms with Gasteiger partial charge in [0.15, 0.2) is 0 Å². The second-order valence-corrected chi connectivity index (χ2v) is 5.93. The van der Waals surface area contributed by atoms with Gasteiger partial charge in [-0.25, -0.2) is 4.79 Å². The zero-order valence-corrected chi connectivity index (χ0v) is 15.1. The van der Waals surface area contributed by atoms with Crippen LogP contribution in [0.4, 0.5) is 11.4 Å². The summed E-state index contributed by atoms with van der Waals surface area (Å²) in [6.45, 7) is 2.10. The summed E-state index contributed by atoms with van der Waals surface area (Å²) in [7, 11) is 3.45. The number of nitrogens with zero attached hydrogens (tertiary/aromatic N) is 1.